The van der Waals surface area contributed by atoms with Crippen LogP contribution >= 0.6 is 0 Å². The Morgan fingerprint density at radius 2 is 1.68 bits per heavy atom. The summed E-state index contributed by atoms with van der Waals surface area (Å²) in [6, 6.07) is 6.86. The van der Waals surface area contributed by atoms with Crippen LogP contribution in [0, 0.1) is 13.8 Å². The van der Waals surface area contributed by atoms with Crippen molar-refractivity contribution in [2.75, 3.05) is 7.05 Å². The molecule has 2 rings (SSSR count). The van der Waals surface area contributed by atoms with Crippen LogP contribution in [0.1, 0.15) is 47.2 Å². The first-order chi connectivity index (χ1) is 9.10. The van der Waals surface area contributed by atoms with E-state index in [2.05, 4.69) is 17.6 Å². The third kappa shape index (κ3) is 3.57. The zero-order chi connectivity index (χ0) is 13.8. The van der Waals surface area contributed by atoms with Crippen LogP contribution in [-0.4, -0.2) is 25.0 Å². The molecular formula is C16H24N2O. The molecule has 0 bridgehead atoms. The van der Waals surface area contributed by atoms with Crippen molar-refractivity contribution < 1.29 is 4.79 Å². The maximum atomic E-state index is 12.2. The van der Waals surface area contributed by atoms with Gasteiger partial charge in [-0.15, -0.1) is 0 Å². The highest BCUT2D eigenvalue weighted by Crippen LogP contribution is 2.19. The summed E-state index contributed by atoms with van der Waals surface area (Å²) in [5.41, 5.74) is 3.18. The molecule has 1 aromatic rings. The summed E-state index contributed by atoms with van der Waals surface area (Å²) in [5.74, 6) is 0.0657. The van der Waals surface area contributed by atoms with Crippen LogP contribution < -0.4 is 10.6 Å². The predicted molar refractivity (Wildman–Crippen MR) is 78.5 cm³/mol. The van der Waals surface area contributed by atoms with E-state index >= 15 is 0 Å². The number of aryl methyl sites for hydroxylation is 2. The molecule has 0 atom stereocenters. The van der Waals surface area contributed by atoms with Gasteiger partial charge in [0.25, 0.3) is 5.91 Å². The first-order valence-electron chi connectivity index (χ1n) is 7.15. The van der Waals surface area contributed by atoms with Crippen molar-refractivity contribution >= 4 is 5.91 Å². The van der Waals surface area contributed by atoms with Crippen LogP contribution in [0.25, 0.3) is 0 Å². The van der Waals surface area contributed by atoms with Crippen molar-refractivity contribution in [2.24, 2.45) is 0 Å². The Labute approximate surface area is 115 Å². The van der Waals surface area contributed by atoms with E-state index in [1.807, 2.05) is 32.2 Å². The van der Waals surface area contributed by atoms with Gasteiger partial charge in [-0.1, -0.05) is 6.07 Å². The number of nitrogens with one attached hydrogen (secondary N) is 2. The molecule has 1 aromatic carbocycles. The molecule has 0 unspecified atom stereocenters. The number of carbonyl (C=O) groups excluding carboxylic acids is 1. The molecule has 3 nitrogen and oxygen atoms in total. The van der Waals surface area contributed by atoms with Gasteiger partial charge in [0.1, 0.15) is 0 Å². The van der Waals surface area contributed by atoms with Crippen molar-refractivity contribution in [3.63, 3.8) is 0 Å². The molecule has 2 N–H and O–H groups in total. The number of hydrogen-bond donors (Lipinski definition) is 2. The lowest BCUT2D eigenvalue weighted by atomic mass is 9.91. The third-order valence-corrected chi connectivity index (χ3v) is 4.24. The largest absolute Gasteiger partial charge is 0.349 e. The molecule has 1 fully saturated rings. The standard InChI is InChI=1S/C16H24N2O/c1-11-4-5-13(10-12(11)2)16(19)18-15-8-6-14(17-3)7-9-15/h4-5,10,14-15,17H,6-9H2,1-3H3,(H,18,19). The summed E-state index contributed by atoms with van der Waals surface area (Å²) in [6.45, 7) is 4.11. The second kappa shape index (κ2) is 6.20. The number of rotatable bonds is 3. The lowest BCUT2D eigenvalue weighted by molar-refractivity contribution is 0.0924. The predicted octanol–water partition coefficient (Wildman–Crippen LogP) is 2.56. The smallest absolute Gasteiger partial charge is 0.251 e. The van der Waals surface area contributed by atoms with Gasteiger partial charge >= 0.3 is 0 Å². The fourth-order valence-electron chi connectivity index (χ4n) is 2.68. The SMILES string of the molecule is CNC1CCC(NC(=O)c2ccc(C)c(C)c2)CC1. The zero-order valence-corrected chi connectivity index (χ0v) is 12.1. The van der Waals surface area contributed by atoms with Crippen LogP contribution in [0.15, 0.2) is 18.2 Å². The molecule has 1 amide bonds. The Morgan fingerprint density at radius 1 is 1.05 bits per heavy atom. The summed E-state index contributed by atoms with van der Waals surface area (Å²) in [6.07, 6.45) is 4.44. The molecular weight excluding hydrogens is 236 g/mol. The third-order valence-electron chi connectivity index (χ3n) is 4.24. The second-order valence-electron chi connectivity index (χ2n) is 5.61. The molecule has 3 heteroatoms. The summed E-state index contributed by atoms with van der Waals surface area (Å²) < 4.78 is 0. The molecule has 19 heavy (non-hydrogen) atoms. The van der Waals surface area contributed by atoms with E-state index in [1.54, 1.807) is 0 Å². The highest BCUT2D eigenvalue weighted by atomic mass is 16.1. The Balaban J connectivity index is 1.92. The van der Waals surface area contributed by atoms with Gasteiger partial charge in [-0.25, -0.2) is 0 Å². The van der Waals surface area contributed by atoms with E-state index in [1.165, 1.54) is 11.1 Å². The minimum atomic E-state index is 0.0657. The Hall–Kier alpha value is -1.35. The number of hydrogen-bond acceptors (Lipinski definition) is 2. The van der Waals surface area contributed by atoms with Gasteiger partial charge in [0, 0.05) is 17.6 Å². The van der Waals surface area contributed by atoms with E-state index in [4.69, 9.17) is 0 Å². The first kappa shape index (κ1) is 14.1. The van der Waals surface area contributed by atoms with Gasteiger partial charge < -0.3 is 10.6 Å². The van der Waals surface area contributed by atoms with Gasteiger partial charge in [0.2, 0.25) is 0 Å². The fourth-order valence-corrected chi connectivity index (χ4v) is 2.68. The summed E-state index contributed by atoms with van der Waals surface area (Å²) >= 11 is 0. The molecule has 0 heterocycles. The van der Waals surface area contributed by atoms with E-state index < -0.39 is 0 Å². The van der Waals surface area contributed by atoms with Crippen LogP contribution in [0.2, 0.25) is 0 Å². The molecule has 0 aliphatic heterocycles. The number of amides is 1. The minimum Gasteiger partial charge on any atom is -0.349 e. The second-order valence-corrected chi connectivity index (χ2v) is 5.61. The number of benzene rings is 1. The van der Waals surface area contributed by atoms with E-state index in [0.29, 0.717) is 12.1 Å². The Morgan fingerprint density at radius 3 is 2.26 bits per heavy atom. The van der Waals surface area contributed by atoms with Crippen molar-refractivity contribution in [3.8, 4) is 0 Å². The van der Waals surface area contributed by atoms with Gasteiger partial charge in [-0.05, 0) is 69.8 Å². The Kier molecular flexibility index (Phi) is 4.59. The maximum absolute atomic E-state index is 12.2. The first-order valence-corrected chi connectivity index (χ1v) is 7.15. The van der Waals surface area contributed by atoms with E-state index in [-0.39, 0.29) is 5.91 Å². The maximum Gasteiger partial charge on any atom is 0.251 e. The summed E-state index contributed by atoms with van der Waals surface area (Å²) in [7, 11) is 2.01. The summed E-state index contributed by atoms with van der Waals surface area (Å²) in [4.78, 5) is 12.2. The average Bonchev–Trinajstić information content (AvgIpc) is 2.42. The van der Waals surface area contributed by atoms with Crippen LogP contribution in [0.3, 0.4) is 0 Å². The lowest BCUT2D eigenvalue weighted by Crippen LogP contribution is -2.41. The highest BCUT2D eigenvalue weighted by Gasteiger charge is 2.21. The molecule has 1 aliphatic rings. The molecule has 1 saturated carbocycles. The topological polar surface area (TPSA) is 41.1 Å². The van der Waals surface area contributed by atoms with Gasteiger partial charge in [0.05, 0.1) is 0 Å². The summed E-state index contributed by atoms with van der Waals surface area (Å²) in [5, 5.41) is 6.47. The normalized spacial score (nSPS) is 23.1. The monoisotopic (exact) mass is 260 g/mol. The van der Waals surface area contributed by atoms with E-state index in [0.717, 1.165) is 31.2 Å². The van der Waals surface area contributed by atoms with Crippen molar-refractivity contribution in [1.29, 1.82) is 0 Å². The van der Waals surface area contributed by atoms with Crippen molar-refractivity contribution in [3.05, 3.63) is 34.9 Å². The molecule has 0 radical (unpaired) electrons. The molecule has 0 saturated heterocycles. The average molecular weight is 260 g/mol. The molecule has 104 valence electrons. The van der Waals surface area contributed by atoms with Crippen molar-refractivity contribution in [1.82, 2.24) is 10.6 Å². The minimum absolute atomic E-state index is 0.0657. The highest BCUT2D eigenvalue weighted by molar-refractivity contribution is 5.94. The van der Waals surface area contributed by atoms with Gasteiger partial charge in [-0.2, -0.15) is 0 Å². The number of carbonyl (C=O) groups is 1. The Bertz CT molecular complexity index is 448. The van der Waals surface area contributed by atoms with E-state index in [9.17, 15) is 4.79 Å². The fraction of sp³-hybridized carbons (Fsp3) is 0.562. The van der Waals surface area contributed by atoms with Crippen LogP contribution in [-0.2, 0) is 0 Å². The molecule has 0 spiro atoms. The zero-order valence-electron chi connectivity index (χ0n) is 12.1. The van der Waals surface area contributed by atoms with Crippen molar-refractivity contribution in [2.45, 2.75) is 51.6 Å². The van der Waals surface area contributed by atoms with Crippen LogP contribution in [0.4, 0.5) is 0 Å². The lowest BCUT2D eigenvalue weighted by Gasteiger charge is -2.28. The van der Waals surface area contributed by atoms with Gasteiger partial charge in [-0.3, -0.25) is 4.79 Å². The van der Waals surface area contributed by atoms with Gasteiger partial charge in [0.15, 0.2) is 0 Å². The quantitative estimate of drug-likeness (QED) is 0.877. The van der Waals surface area contributed by atoms with Crippen LogP contribution in [0.5, 0.6) is 0 Å². The molecule has 1 aliphatic carbocycles. The molecule has 0 aromatic heterocycles.